The van der Waals surface area contributed by atoms with Crippen LogP contribution in [0, 0.1) is 0 Å². The van der Waals surface area contributed by atoms with Gasteiger partial charge in [-0.1, -0.05) is 30.3 Å². The first-order valence-corrected chi connectivity index (χ1v) is 10.6. The fourth-order valence-corrected chi connectivity index (χ4v) is 2.35. The molecule has 0 saturated heterocycles. The van der Waals surface area contributed by atoms with E-state index >= 15 is 0 Å². The molecule has 9 heteroatoms. The van der Waals surface area contributed by atoms with Gasteiger partial charge >= 0.3 is 5.97 Å². The number of benzene rings is 1. The molecule has 1 aromatic carbocycles. The minimum Gasteiger partial charge on any atom is -0.481 e. The van der Waals surface area contributed by atoms with Gasteiger partial charge in [-0.3, -0.25) is 9.59 Å². The van der Waals surface area contributed by atoms with Crippen molar-refractivity contribution in [1.82, 2.24) is 5.32 Å². The molecular formula is C22H35NO8. The second kappa shape index (κ2) is 19.9. The number of carbonyl (C=O) groups is 2. The van der Waals surface area contributed by atoms with Crippen molar-refractivity contribution in [2.24, 2.45) is 0 Å². The summed E-state index contributed by atoms with van der Waals surface area (Å²) in [6, 6.07) is 10.0. The summed E-state index contributed by atoms with van der Waals surface area (Å²) < 4.78 is 27.2. The predicted molar refractivity (Wildman–Crippen MR) is 114 cm³/mol. The van der Waals surface area contributed by atoms with E-state index in [0.29, 0.717) is 79.0 Å². The van der Waals surface area contributed by atoms with Gasteiger partial charge in [0.15, 0.2) is 0 Å². The van der Waals surface area contributed by atoms with Crippen LogP contribution < -0.4 is 5.32 Å². The van der Waals surface area contributed by atoms with Crippen molar-refractivity contribution in [2.75, 3.05) is 66.0 Å². The molecule has 1 amide bonds. The lowest BCUT2D eigenvalue weighted by molar-refractivity contribution is -0.138. The Morgan fingerprint density at radius 2 is 1.23 bits per heavy atom. The minimum absolute atomic E-state index is 0.00139. The maximum Gasteiger partial charge on any atom is 0.303 e. The quantitative estimate of drug-likeness (QED) is 0.277. The topological polar surface area (TPSA) is 113 Å². The lowest BCUT2D eigenvalue weighted by Gasteiger charge is -2.08. The van der Waals surface area contributed by atoms with Gasteiger partial charge in [0, 0.05) is 19.6 Å². The maximum atomic E-state index is 11.3. The number of nitrogens with one attached hydrogen (secondary N) is 1. The van der Waals surface area contributed by atoms with E-state index in [1.54, 1.807) is 0 Å². The molecule has 0 aromatic heterocycles. The zero-order valence-electron chi connectivity index (χ0n) is 18.1. The highest BCUT2D eigenvalue weighted by Crippen LogP contribution is 2.00. The van der Waals surface area contributed by atoms with Gasteiger partial charge in [-0.25, -0.2) is 0 Å². The van der Waals surface area contributed by atoms with Crippen molar-refractivity contribution in [3.05, 3.63) is 35.9 Å². The minimum atomic E-state index is -0.975. The van der Waals surface area contributed by atoms with Crippen molar-refractivity contribution in [2.45, 2.75) is 25.9 Å². The SMILES string of the molecule is O=C(O)CCC(=O)NCCCOCCOCCOCCOCCOCc1ccccc1. The van der Waals surface area contributed by atoms with Gasteiger partial charge in [0.2, 0.25) is 5.91 Å². The number of hydrogen-bond acceptors (Lipinski definition) is 7. The molecule has 0 saturated carbocycles. The molecule has 0 radical (unpaired) electrons. The Hall–Kier alpha value is -2.04. The van der Waals surface area contributed by atoms with E-state index in [4.69, 9.17) is 28.8 Å². The van der Waals surface area contributed by atoms with Crippen LogP contribution in [0.25, 0.3) is 0 Å². The third kappa shape index (κ3) is 18.4. The summed E-state index contributed by atoms with van der Waals surface area (Å²) >= 11 is 0. The smallest absolute Gasteiger partial charge is 0.303 e. The molecule has 31 heavy (non-hydrogen) atoms. The fourth-order valence-electron chi connectivity index (χ4n) is 2.35. The Bertz CT molecular complexity index is 570. The molecule has 0 bridgehead atoms. The lowest BCUT2D eigenvalue weighted by atomic mass is 10.2. The molecule has 9 nitrogen and oxygen atoms in total. The van der Waals surface area contributed by atoms with Crippen LogP contribution in [0.1, 0.15) is 24.8 Å². The molecule has 0 aliphatic heterocycles. The Morgan fingerprint density at radius 3 is 1.77 bits per heavy atom. The van der Waals surface area contributed by atoms with E-state index in [2.05, 4.69) is 5.32 Å². The number of carbonyl (C=O) groups excluding carboxylic acids is 1. The Kier molecular flexibility index (Phi) is 17.3. The maximum absolute atomic E-state index is 11.3. The van der Waals surface area contributed by atoms with Crippen LogP contribution in [0.4, 0.5) is 0 Å². The van der Waals surface area contributed by atoms with Crippen molar-refractivity contribution >= 4 is 11.9 Å². The lowest BCUT2D eigenvalue weighted by Crippen LogP contribution is -2.25. The number of rotatable bonds is 21. The molecular weight excluding hydrogens is 406 g/mol. The van der Waals surface area contributed by atoms with Gasteiger partial charge < -0.3 is 34.1 Å². The Balaban J connectivity index is 1.71. The number of carboxylic acids is 1. The van der Waals surface area contributed by atoms with Gasteiger partial charge in [0.05, 0.1) is 65.9 Å². The van der Waals surface area contributed by atoms with Gasteiger partial charge in [-0.2, -0.15) is 0 Å². The number of hydrogen-bond donors (Lipinski definition) is 2. The predicted octanol–water partition coefficient (Wildman–Crippen LogP) is 1.64. The molecule has 0 atom stereocenters. The Labute approximate surface area is 184 Å². The van der Waals surface area contributed by atoms with E-state index in [1.165, 1.54) is 0 Å². The highest BCUT2D eigenvalue weighted by atomic mass is 16.6. The summed E-state index contributed by atoms with van der Waals surface area (Å²) in [7, 11) is 0. The zero-order valence-corrected chi connectivity index (χ0v) is 18.1. The average molecular weight is 442 g/mol. The van der Waals surface area contributed by atoms with Crippen LogP contribution in [-0.4, -0.2) is 83.0 Å². The van der Waals surface area contributed by atoms with Crippen LogP contribution in [0.5, 0.6) is 0 Å². The van der Waals surface area contributed by atoms with E-state index in [9.17, 15) is 9.59 Å². The standard InChI is InChI=1S/C22H35NO8/c24-21(7-8-22(25)26)23-9-4-10-27-11-12-28-13-14-29-15-16-30-17-18-31-19-20-5-2-1-3-6-20/h1-3,5-6H,4,7-19H2,(H,23,24)(H,25,26). The normalized spacial score (nSPS) is 10.8. The average Bonchev–Trinajstić information content (AvgIpc) is 2.77. The van der Waals surface area contributed by atoms with Crippen LogP contribution in [-0.2, 0) is 39.9 Å². The van der Waals surface area contributed by atoms with Crippen LogP contribution >= 0.6 is 0 Å². The van der Waals surface area contributed by atoms with Crippen molar-refractivity contribution in [3.63, 3.8) is 0 Å². The summed E-state index contributed by atoms with van der Waals surface area (Å²) in [6.07, 6.45) is 0.515. The molecule has 1 aromatic rings. The fraction of sp³-hybridized carbons (Fsp3) is 0.636. The van der Waals surface area contributed by atoms with Crippen molar-refractivity contribution < 1.29 is 38.4 Å². The second-order valence-electron chi connectivity index (χ2n) is 6.58. The second-order valence-corrected chi connectivity index (χ2v) is 6.58. The number of amides is 1. The summed E-state index contributed by atoms with van der Waals surface area (Å²) in [5, 5.41) is 11.1. The summed E-state index contributed by atoms with van der Waals surface area (Å²) in [5.41, 5.74) is 1.15. The van der Waals surface area contributed by atoms with Crippen molar-refractivity contribution in [1.29, 1.82) is 0 Å². The molecule has 0 spiro atoms. The van der Waals surface area contributed by atoms with Crippen LogP contribution in [0.15, 0.2) is 30.3 Å². The molecule has 176 valence electrons. The van der Waals surface area contributed by atoms with E-state index in [1.807, 2.05) is 30.3 Å². The van der Waals surface area contributed by atoms with Gasteiger partial charge in [0.25, 0.3) is 0 Å². The first-order valence-electron chi connectivity index (χ1n) is 10.6. The van der Waals surface area contributed by atoms with E-state index in [0.717, 1.165) is 5.56 Å². The molecule has 1 rings (SSSR count). The monoisotopic (exact) mass is 441 g/mol. The number of aliphatic carboxylic acids is 1. The zero-order chi connectivity index (χ0) is 22.4. The number of ether oxygens (including phenoxy) is 5. The largest absolute Gasteiger partial charge is 0.481 e. The summed E-state index contributed by atoms with van der Waals surface area (Å²) in [6.45, 7) is 5.61. The van der Waals surface area contributed by atoms with Gasteiger partial charge in [-0.05, 0) is 12.0 Å². The van der Waals surface area contributed by atoms with Crippen LogP contribution in [0.3, 0.4) is 0 Å². The summed E-state index contributed by atoms with van der Waals surface area (Å²) in [4.78, 5) is 21.6. The van der Waals surface area contributed by atoms with E-state index in [-0.39, 0.29) is 18.7 Å². The molecule has 0 unspecified atom stereocenters. The first-order chi connectivity index (χ1) is 15.2. The molecule has 0 aliphatic carbocycles. The highest BCUT2D eigenvalue weighted by molar-refractivity contribution is 5.80. The van der Waals surface area contributed by atoms with Crippen LogP contribution in [0.2, 0.25) is 0 Å². The van der Waals surface area contributed by atoms with E-state index < -0.39 is 5.97 Å². The molecule has 0 fully saturated rings. The number of carboxylic acid groups (broad SMARTS) is 1. The molecule has 0 heterocycles. The highest BCUT2D eigenvalue weighted by Gasteiger charge is 2.04. The van der Waals surface area contributed by atoms with Gasteiger partial charge in [-0.15, -0.1) is 0 Å². The Morgan fingerprint density at radius 1 is 0.710 bits per heavy atom. The summed E-state index contributed by atoms with van der Waals surface area (Å²) in [5.74, 6) is -1.23. The molecule has 2 N–H and O–H groups in total. The first kappa shape index (κ1) is 27.0. The van der Waals surface area contributed by atoms with Crippen molar-refractivity contribution in [3.8, 4) is 0 Å². The third-order valence-electron chi connectivity index (χ3n) is 3.95. The third-order valence-corrected chi connectivity index (χ3v) is 3.95. The van der Waals surface area contributed by atoms with Gasteiger partial charge in [0.1, 0.15) is 0 Å². The molecule has 0 aliphatic rings.